The first-order valence-electron chi connectivity index (χ1n) is 14.5. The number of halogens is 3. The molecule has 0 aromatic heterocycles. The maximum Gasteiger partial charge on any atom is 0.264 e. The van der Waals surface area contributed by atoms with E-state index in [9.17, 15) is 18.0 Å². The second-order valence-electron chi connectivity index (χ2n) is 10.4. The predicted molar refractivity (Wildman–Crippen MR) is 183 cm³/mol. The van der Waals surface area contributed by atoms with Gasteiger partial charge in [0, 0.05) is 24.5 Å². The van der Waals surface area contributed by atoms with E-state index < -0.39 is 28.5 Å². The lowest BCUT2D eigenvalue weighted by molar-refractivity contribution is -0.140. The standard InChI is InChI=1S/C34H34Cl3N3O5S/c1-3-19-38-34(42)32(21-24-7-5-4-6-8-24)39(22-25-9-18-30(36)31(37)20-25)33(41)23-40(27-12-10-26(35)11-13-27)46(43,44)29-16-14-28(45-2)15-17-29/h4-18,20,32H,3,19,21-23H2,1-2H3,(H,38,42)/t32-/m0/s1. The minimum atomic E-state index is -4.28. The van der Waals surface area contributed by atoms with Crippen LogP contribution in [-0.4, -0.2) is 51.4 Å². The average Bonchev–Trinajstić information content (AvgIpc) is 3.06. The Balaban J connectivity index is 1.80. The van der Waals surface area contributed by atoms with E-state index in [2.05, 4.69) is 5.32 Å². The predicted octanol–water partition coefficient (Wildman–Crippen LogP) is 7.02. The fourth-order valence-corrected chi connectivity index (χ4v) is 6.63. The lowest BCUT2D eigenvalue weighted by atomic mass is 10.0. The third-order valence-corrected chi connectivity index (χ3v) is 9.98. The number of ether oxygens (including phenoxy) is 1. The number of nitrogens with one attached hydrogen (secondary N) is 1. The van der Waals surface area contributed by atoms with Gasteiger partial charge in [-0.2, -0.15) is 0 Å². The zero-order valence-electron chi connectivity index (χ0n) is 25.3. The van der Waals surface area contributed by atoms with E-state index in [1.807, 2.05) is 37.3 Å². The van der Waals surface area contributed by atoms with Crippen LogP contribution >= 0.6 is 34.8 Å². The van der Waals surface area contributed by atoms with E-state index >= 15 is 0 Å². The Morgan fingerprint density at radius 2 is 1.52 bits per heavy atom. The summed E-state index contributed by atoms with van der Waals surface area (Å²) < 4.78 is 34.5. The van der Waals surface area contributed by atoms with Crippen molar-refractivity contribution in [2.75, 3.05) is 24.5 Å². The second-order valence-corrected chi connectivity index (χ2v) is 13.5. The van der Waals surface area contributed by atoms with Gasteiger partial charge in [0.2, 0.25) is 11.8 Å². The van der Waals surface area contributed by atoms with Gasteiger partial charge in [0.15, 0.2) is 0 Å². The van der Waals surface area contributed by atoms with Crippen molar-refractivity contribution in [2.24, 2.45) is 0 Å². The van der Waals surface area contributed by atoms with Gasteiger partial charge in [-0.1, -0.05) is 78.1 Å². The van der Waals surface area contributed by atoms with Crippen LogP contribution in [-0.2, 0) is 32.6 Å². The van der Waals surface area contributed by atoms with E-state index in [1.165, 1.54) is 48.4 Å². The van der Waals surface area contributed by atoms with Crippen LogP contribution in [0.1, 0.15) is 24.5 Å². The topological polar surface area (TPSA) is 96.0 Å². The third-order valence-electron chi connectivity index (χ3n) is 7.20. The maximum absolute atomic E-state index is 14.5. The number of benzene rings is 4. The Hall–Kier alpha value is -3.76. The van der Waals surface area contributed by atoms with Crippen LogP contribution in [0.3, 0.4) is 0 Å². The van der Waals surface area contributed by atoms with Gasteiger partial charge in [0.1, 0.15) is 18.3 Å². The van der Waals surface area contributed by atoms with Gasteiger partial charge in [-0.25, -0.2) is 8.42 Å². The van der Waals surface area contributed by atoms with Crippen LogP contribution in [0.25, 0.3) is 0 Å². The van der Waals surface area contributed by atoms with Crippen molar-refractivity contribution in [1.82, 2.24) is 10.2 Å². The van der Waals surface area contributed by atoms with Crippen LogP contribution in [0.2, 0.25) is 15.1 Å². The van der Waals surface area contributed by atoms with E-state index in [0.717, 1.165) is 9.87 Å². The summed E-state index contributed by atoms with van der Waals surface area (Å²) >= 11 is 18.6. The first-order chi connectivity index (χ1) is 22.0. The Morgan fingerprint density at radius 3 is 2.13 bits per heavy atom. The molecule has 1 atom stereocenters. The zero-order chi connectivity index (χ0) is 33.3. The van der Waals surface area contributed by atoms with E-state index in [1.54, 1.807) is 30.3 Å². The summed E-state index contributed by atoms with van der Waals surface area (Å²) in [6.45, 7) is 1.69. The lowest BCUT2D eigenvalue weighted by Gasteiger charge is -2.34. The number of sulfonamides is 1. The molecule has 0 aliphatic heterocycles. The zero-order valence-corrected chi connectivity index (χ0v) is 28.4. The minimum Gasteiger partial charge on any atom is -0.497 e. The smallest absolute Gasteiger partial charge is 0.264 e. The molecule has 0 spiro atoms. The number of carbonyl (C=O) groups is 2. The monoisotopic (exact) mass is 701 g/mol. The van der Waals surface area contributed by atoms with Crippen LogP contribution in [0.4, 0.5) is 5.69 Å². The number of hydrogen-bond donors (Lipinski definition) is 1. The van der Waals surface area contributed by atoms with Crippen LogP contribution in [0, 0.1) is 0 Å². The summed E-state index contributed by atoms with van der Waals surface area (Å²) in [5, 5.41) is 3.93. The first kappa shape index (κ1) is 35.1. The average molecular weight is 703 g/mol. The highest BCUT2D eigenvalue weighted by molar-refractivity contribution is 7.92. The summed E-state index contributed by atoms with van der Waals surface area (Å²) in [6, 6.07) is 25.3. The highest BCUT2D eigenvalue weighted by Crippen LogP contribution is 2.28. The maximum atomic E-state index is 14.5. The number of amides is 2. The lowest BCUT2D eigenvalue weighted by Crippen LogP contribution is -2.53. The molecule has 0 bridgehead atoms. The van der Waals surface area contributed by atoms with Gasteiger partial charge in [-0.05, 0) is 78.2 Å². The molecule has 4 aromatic rings. The molecule has 242 valence electrons. The summed E-state index contributed by atoms with van der Waals surface area (Å²) in [7, 11) is -2.80. The SMILES string of the molecule is CCCNC(=O)[C@H](Cc1ccccc1)N(Cc1ccc(Cl)c(Cl)c1)C(=O)CN(c1ccc(Cl)cc1)S(=O)(=O)c1ccc(OC)cc1. The number of anilines is 1. The highest BCUT2D eigenvalue weighted by atomic mass is 35.5. The van der Waals surface area contributed by atoms with Gasteiger partial charge in [0.05, 0.1) is 27.7 Å². The number of nitrogens with zero attached hydrogens (tertiary/aromatic N) is 2. The van der Waals surface area contributed by atoms with Gasteiger partial charge in [-0.15, -0.1) is 0 Å². The first-order valence-corrected chi connectivity index (χ1v) is 17.1. The second kappa shape index (κ2) is 16.2. The molecule has 8 nitrogen and oxygen atoms in total. The van der Waals surface area contributed by atoms with Crippen molar-refractivity contribution in [3.63, 3.8) is 0 Å². The van der Waals surface area contributed by atoms with Gasteiger partial charge in [-0.3, -0.25) is 13.9 Å². The Labute approximate surface area is 284 Å². The molecule has 0 saturated carbocycles. The summed E-state index contributed by atoms with van der Waals surface area (Å²) in [4.78, 5) is 29.5. The number of hydrogen-bond acceptors (Lipinski definition) is 5. The molecule has 0 heterocycles. The quantitative estimate of drug-likeness (QED) is 0.153. The molecule has 0 aliphatic carbocycles. The van der Waals surface area contributed by atoms with Crippen molar-refractivity contribution in [3.8, 4) is 5.75 Å². The van der Waals surface area contributed by atoms with Crippen LogP contribution < -0.4 is 14.4 Å². The molecule has 4 aromatic carbocycles. The molecule has 1 N–H and O–H groups in total. The molecular weight excluding hydrogens is 669 g/mol. The van der Waals surface area contributed by atoms with Gasteiger partial charge in [0.25, 0.3) is 10.0 Å². The number of rotatable bonds is 14. The molecule has 0 radical (unpaired) electrons. The minimum absolute atomic E-state index is 0.0379. The van der Waals surface area contributed by atoms with Crippen LogP contribution in [0.15, 0.2) is 102 Å². The Bertz CT molecular complexity index is 1740. The van der Waals surface area contributed by atoms with Crippen molar-refractivity contribution in [1.29, 1.82) is 0 Å². The van der Waals surface area contributed by atoms with Crippen molar-refractivity contribution < 1.29 is 22.7 Å². The summed E-state index contributed by atoms with van der Waals surface area (Å²) in [5.74, 6) is -0.497. The van der Waals surface area contributed by atoms with Crippen molar-refractivity contribution >= 4 is 62.3 Å². The van der Waals surface area contributed by atoms with Crippen molar-refractivity contribution in [2.45, 2.75) is 37.2 Å². The Kier molecular flexibility index (Phi) is 12.3. The van der Waals surface area contributed by atoms with Crippen molar-refractivity contribution in [3.05, 3.63) is 123 Å². The van der Waals surface area contributed by atoms with Gasteiger partial charge >= 0.3 is 0 Å². The largest absolute Gasteiger partial charge is 0.497 e. The van der Waals surface area contributed by atoms with Crippen LogP contribution in [0.5, 0.6) is 5.75 Å². The molecule has 4 rings (SSSR count). The number of methoxy groups -OCH3 is 1. The number of carbonyl (C=O) groups excluding carboxylic acids is 2. The highest BCUT2D eigenvalue weighted by Gasteiger charge is 2.34. The molecule has 0 aliphatic rings. The normalized spacial score (nSPS) is 11.8. The molecule has 0 fully saturated rings. The van der Waals surface area contributed by atoms with E-state index in [0.29, 0.717) is 34.3 Å². The van der Waals surface area contributed by atoms with E-state index in [4.69, 9.17) is 39.5 Å². The van der Waals surface area contributed by atoms with E-state index in [-0.39, 0.29) is 34.5 Å². The summed E-state index contributed by atoms with van der Waals surface area (Å²) in [5.41, 5.74) is 1.66. The molecular formula is C34H34Cl3N3O5S. The van der Waals surface area contributed by atoms with Gasteiger partial charge < -0.3 is 15.0 Å². The summed E-state index contributed by atoms with van der Waals surface area (Å²) in [6.07, 6.45) is 0.880. The molecule has 0 saturated heterocycles. The fourth-order valence-electron chi connectivity index (χ4n) is 4.77. The molecule has 12 heteroatoms. The Morgan fingerprint density at radius 1 is 0.848 bits per heavy atom. The molecule has 46 heavy (non-hydrogen) atoms. The third kappa shape index (κ3) is 8.94. The molecule has 0 unspecified atom stereocenters. The fraction of sp³-hybridized carbons (Fsp3) is 0.235. The molecule has 2 amide bonds.